The normalized spacial score (nSPS) is 10.3. The minimum absolute atomic E-state index is 0.340. The maximum absolute atomic E-state index is 13.6. The number of urea groups is 1. The SMILES string of the molecule is O=C(NC(=O)c1c(F)cccc1F)Nc1ccc(OCc2ccc(Cl)cc2)cc1. The van der Waals surface area contributed by atoms with Gasteiger partial charge in [-0.05, 0) is 54.1 Å². The first-order valence-electron chi connectivity index (χ1n) is 8.46. The lowest BCUT2D eigenvalue weighted by Gasteiger charge is -2.10. The largest absolute Gasteiger partial charge is 0.489 e. The van der Waals surface area contributed by atoms with Crippen LogP contribution >= 0.6 is 11.6 Å². The molecule has 2 N–H and O–H groups in total. The lowest BCUT2D eigenvalue weighted by molar-refractivity contribution is 0.0959. The maximum Gasteiger partial charge on any atom is 0.326 e. The van der Waals surface area contributed by atoms with Crippen molar-refractivity contribution in [1.29, 1.82) is 0 Å². The molecule has 3 amide bonds. The van der Waals surface area contributed by atoms with Crippen LogP contribution in [0.2, 0.25) is 5.02 Å². The molecule has 3 rings (SSSR count). The molecule has 0 saturated heterocycles. The Labute approximate surface area is 170 Å². The summed E-state index contributed by atoms with van der Waals surface area (Å²) < 4.78 is 32.8. The highest BCUT2D eigenvalue weighted by atomic mass is 35.5. The maximum atomic E-state index is 13.6. The van der Waals surface area contributed by atoms with Crippen LogP contribution in [0.25, 0.3) is 0 Å². The van der Waals surface area contributed by atoms with Crippen molar-refractivity contribution in [3.05, 3.63) is 94.5 Å². The molecular formula is C21H15ClF2N2O3. The van der Waals surface area contributed by atoms with E-state index in [9.17, 15) is 18.4 Å². The van der Waals surface area contributed by atoms with Gasteiger partial charge in [-0.15, -0.1) is 0 Å². The summed E-state index contributed by atoms with van der Waals surface area (Å²) in [7, 11) is 0. The van der Waals surface area contributed by atoms with Crippen molar-refractivity contribution in [3.63, 3.8) is 0 Å². The molecule has 0 aromatic heterocycles. The zero-order chi connectivity index (χ0) is 20.8. The van der Waals surface area contributed by atoms with E-state index in [0.717, 1.165) is 23.8 Å². The summed E-state index contributed by atoms with van der Waals surface area (Å²) in [6.07, 6.45) is 0. The van der Waals surface area contributed by atoms with Crippen molar-refractivity contribution in [1.82, 2.24) is 5.32 Å². The summed E-state index contributed by atoms with van der Waals surface area (Å²) >= 11 is 5.83. The average molecular weight is 417 g/mol. The van der Waals surface area contributed by atoms with Gasteiger partial charge >= 0.3 is 6.03 Å². The topological polar surface area (TPSA) is 67.4 Å². The fourth-order valence-electron chi connectivity index (χ4n) is 2.42. The van der Waals surface area contributed by atoms with E-state index < -0.39 is 29.1 Å². The van der Waals surface area contributed by atoms with Crippen molar-refractivity contribution in [2.75, 3.05) is 5.32 Å². The number of hydrogen-bond acceptors (Lipinski definition) is 3. The Morgan fingerprint density at radius 1 is 0.897 bits per heavy atom. The Morgan fingerprint density at radius 3 is 2.14 bits per heavy atom. The van der Waals surface area contributed by atoms with Crippen LogP contribution in [-0.4, -0.2) is 11.9 Å². The van der Waals surface area contributed by atoms with Gasteiger partial charge in [-0.2, -0.15) is 0 Å². The summed E-state index contributed by atoms with van der Waals surface area (Å²) in [5.74, 6) is -2.73. The van der Waals surface area contributed by atoms with Gasteiger partial charge in [0.05, 0.1) is 0 Å². The Bertz CT molecular complexity index is 1000. The van der Waals surface area contributed by atoms with Crippen LogP contribution in [0.15, 0.2) is 66.7 Å². The molecule has 0 aliphatic heterocycles. The van der Waals surface area contributed by atoms with Crippen molar-refractivity contribution < 1.29 is 23.1 Å². The van der Waals surface area contributed by atoms with E-state index in [0.29, 0.717) is 23.1 Å². The third kappa shape index (κ3) is 5.52. The smallest absolute Gasteiger partial charge is 0.326 e. The first kappa shape index (κ1) is 20.3. The molecule has 3 aromatic carbocycles. The van der Waals surface area contributed by atoms with Crippen molar-refractivity contribution in [3.8, 4) is 5.75 Å². The fraction of sp³-hybridized carbons (Fsp3) is 0.0476. The van der Waals surface area contributed by atoms with Crippen LogP contribution in [0.5, 0.6) is 5.75 Å². The van der Waals surface area contributed by atoms with E-state index >= 15 is 0 Å². The van der Waals surface area contributed by atoms with Crippen molar-refractivity contribution in [2.24, 2.45) is 0 Å². The van der Waals surface area contributed by atoms with Gasteiger partial charge in [0.15, 0.2) is 0 Å². The van der Waals surface area contributed by atoms with Gasteiger partial charge in [0.25, 0.3) is 5.91 Å². The second-order valence-electron chi connectivity index (χ2n) is 5.94. The first-order chi connectivity index (χ1) is 13.9. The van der Waals surface area contributed by atoms with Gasteiger partial charge in [-0.3, -0.25) is 10.1 Å². The van der Waals surface area contributed by atoms with Gasteiger partial charge in [-0.1, -0.05) is 29.8 Å². The zero-order valence-electron chi connectivity index (χ0n) is 14.9. The van der Waals surface area contributed by atoms with Gasteiger partial charge in [0.1, 0.15) is 29.6 Å². The van der Waals surface area contributed by atoms with E-state index in [2.05, 4.69) is 5.32 Å². The van der Waals surface area contributed by atoms with Crippen molar-refractivity contribution >= 4 is 29.2 Å². The van der Waals surface area contributed by atoms with E-state index in [1.165, 1.54) is 0 Å². The van der Waals surface area contributed by atoms with Crippen molar-refractivity contribution in [2.45, 2.75) is 6.61 Å². The molecule has 0 saturated carbocycles. The lowest BCUT2D eigenvalue weighted by Crippen LogP contribution is -2.35. The molecule has 5 nitrogen and oxygen atoms in total. The molecule has 0 aliphatic carbocycles. The molecule has 0 spiro atoms. The number of benzene rings is 3. The molecule has 0 atom stereocenters. The molecule has 0 aliphatic rings. The monoisotopic (exact) mass is 416 g/mol. The summed E-state index contributed by atoms with van der Waals surface area (Å²) in [4.78, 5) is 23.8. The Balaban J connectivity index is 1.54. The van der Waals surface area contributed by atoms with Gasteiger partial charge in [0, 0.05) is 10.7 Å². The van der Waals surface area contributed by atoms with Gasteiger partial charge in [-0.25, -0.2) is 13.6 Å². The summed E-state index contributed by atoms with van der Waals surface area (Å²) in [5.41, 5.74) is 0.478. The first-order valence-corrected chi connectivity index (χ1v) is 8.84. The van der Waals surface area contributed by atoms with E-state index in [-0.39, 0.29) is 0 Å². The van der Waals surface area contributed by atoms with E-state index in [1.54, 1.807) is 36.4 Å². The Morgan fingerprint density at radius 2 is 1.52 bits per heavy atom. The minimum Gasteiger partial charge on any atom is -0.489 e. The van der Waals surface area contributed by atoms with Gasteiger partial charge < -0.3 is 10.1 Å². The summed E-state index contributed by atoms with van der Waals surface area (Å²) in [6, 6.07) is 15.7. The van der Waals surface area contributed by atoms with Crippen LogP contribution in [-0.2, 0) is 6.61 Å². The highest BCUT2D eigenvalue weighted by molar-refractivity contribution is 6.30. The Hall–Kier alpha value is -3.45. The number of carbonyl (C=O) groups is 2. The van der Waals surface area contributed by atoms with Crippen LogP contribution < -0.4 is 15.4 Å². The van der Waals surface area contributed by atoms with E-state index in [4.69, 9.17) is 16.3 Å². The molecule has 8 heteroatoms. The highest BCUT2D eigenvalue weighted by Gasteiger charge is 2.19. The predicted molar refractivity (Wildman–Crippen MR) is 105 cm³/mol. The minimum atomic E-state index is -1.18. The highest BCUT2D eigenvalue weighted by Crippen LogP contribution is 2.18. The number of halogens is 3. The quantitative estimate of drug-likeness (QED) is 0.603. The number of rotatable bonds is 5. The second-order valence-corrected chi connectivity index (χ2v) is 6.38. The zero-order valence-corrected chi connectivity index (χ0v) is 15.7. The number of carbonyl (C=O) groups excluding carboxylic acids is 2. The van der Waals surface area contributed by atoms with Crippen LogP contribution in [0.3, 0.4) is 0 Å². The average Bonchev–Trinajstić information content (AvgIpc) is 2.68. The third-order valence-corrected chi connectivity index (χ3v) is 4.10. The number of anilines is 1. The standard InChI is InChI=1S/C21H15ClF2N2O3/c22-14-6-4-13(5-7-14)12-29-16-10-8-15(9-11-16)25-21(28)26-20(27)19-17(23)2-1-3-18(19)24/h1-11H,12H2,(H2,25,26,27,28). The lowest BCUT2D eigenvalue weighted by atomic mass is 10.2. The molecule has 3 aromatic rings. The molecule has 29 heavy (non-hydrogen) atoms. The van der Waals surface area contributed by atoms with Crippen LogP contribution in [0.4, 0.5) is 19.3 Å². The number of ether oxygens (including phenoxy) is 1. The second kappa shape index (κ2) is 9.16. The molecule has 0 radical (unpaired) electrons. The number of hydrogen-bond donors (Lipinski definition) is 2. The number of amides is 3. The Kier molecular flexibility index (Phi) is 6.41. The molecule has 0 unspecified atom stereocenters. The number of nitrogens with one attached hydrogen (secondary N) is 2. The van der Waals surface area contributed by atoms with Crippen LogP contribution in [0, 0.1) is 11.6 Å². The predicted octanol–water partition coefficient (Wildman–Crippen LogP) is 5.16. The van der Waals surface area contributed by atoms with Gasteiger partial charge in [0.2, 0.25) is 0 Å². The van der Waals surface area contributed by atoms with E-state index in [1.807, 2.05) is 17.4 Å². The number of imide groups is 1. The fourth-order valence-corrected chi connectivity index (χ4v) is 2.55. The molecule has 0 heterocycles. The molecule has 0 bridgehead atoms. The molecule has 148 valence electrons. The summed E-state index contributed by atoms with van der Waals surface area (Å²) in [6.45, 7) is 0.340. The molecular weight excluding hydrogens is 402 g/mol. The molecule has 0 fully saturated rings. The third-order valence-electron chi connectivity index (χ3n) is 3.85. The van der Waals surface area contributed by atoms with Crippen LogP contribution in [0.1, 0.15) is 15.9 Å². The summed E-state index contributed by atoms with van der Waals surface area (Å²) in [5, 5.41) is 4.92.